The van der Waals surface area contributed by atoms with E-state index in [1.807, 2.05) is 0 Å². The van der Waals surface area contributed by atoms with Crippen molar-refractivity contribution in [1.82, 2.24) is 0 Å². The van der Waals surface area contributed by atoms with E-state index in [1.165, 1.54) is 47.9 Å². The molecule has 25 heavy (non-hydrogen) atoms. The van der Waals surface area contributed by atoms with Gasteiger partial charge in [-0.05, 0) is 41.5 Å². The van der Waals surface area contributed by atoms with Gasteiger partial charge in [0.1, 0.15) is 6.10 Å². The number of benzene rings is 2. The average molecular weight is 338 g/mol. The third-order valence-corrected chi connectivity index (χ3v) is 5.06. The maximum atomic E-state index is 5.95. The molecule has 0 bridgehead atoms. The monoisotopic (exact) mass is 338 g/mol. The van der Waals surface area contributed by atoms with Gasteiger partial charge >= 0.3 is 0 Å². The minimum Gasteiger partial charge on any atom is -0.373 e. The van der Waals surface area contributed by atoms with Gasteiger partial charge in [0, 0.05) is 0 Å². The van der Waals surface area contributed by atoms with Crippen molar-refractivity contribution in [3.05, 3.63) is 59.7 Å². The normalized spacial score (nSPS) is 20.6. The van der Waals surface area contributed by atoms with E-state index in [0.29, 0.717) is 13.2 Å². The lowest BCUT2D eigenvalue weighted by atomic mass is 9.99. The second-order valence-electron chi connectivity index (χ2n) is 6.96. The zero-order chi connectivity index (χ0) is 17.5. The van der Waals surface area contributed by atoms with Gasteiger partial charge in [0.2, 0.25) is 0 Å². The summed E-state index contributed by atoms with van der Waals surface area (Å²) in [5.41, 5.74) is 5.17. The molecule has 2 heteroatoms. The number of aryl methyl sites for hydroxylation is 1. The molecule has 0 aromatic heterocycles. The first-order valence-corrected chi connectivity index (χ1v) is 9.72. The fourth-order valence-corrected chi connectivity index (χ4v) is 3.30. The highest BCUT2D eigenvalue weighted by atomic mass is 16.6. The van der Waals surface area contributed by atoms with Crippen LogP contribution in [-0.4, -0.2) is 19.3 Å². The molecule has 1 saturated heterocycles. The molecule has 0 aliphatic carbocycles. The molecule has 2 aromatic rings. The third kappa shape index (κ3) is 4.93. The summed E-state index contributed by atoms with van der Waals surface area (Å²) in [5.74, 6) is 0. The molecule has 0 amide bonds. The zero-order valence-corrected chi connectivity index (χ0v) is 15.5. The Morgan fingerprint density at radius 2 is 1.48 bits per heavy atom. The Labute approximate surface area is 152 Å². The van der Waals surface area contributed by atoms with Gasteiger partial charge in [-0.1, -0.05) is 75.2 Å². The van der Waals surface area contributed by atoms with Crippen LogP contribution in [0.15, 0.2) is 48.5 Å². The Bertz CT molecular complexity index is 622. The molecular weight excluding hydrogens is 308 g/mol. The third-order valence-electron chi connectivity index (χ3n) is 5.06. The Kier molecular flexibility index (Phi) is 6.66. The molecule has 1 aliphatic heterocycles. The second kappa shape index (κ2) is 9.17. The van der Waals surface area contributed by atoms with Gasteiger partial charge in [-0.3, -0.25) is 0 Å². The second-order valence-corrected chi connectivity index (χ2v) is 6.96. The van der Waals surface area contributed by atoms with Crippen molar-refractivity contribution in [2.24, 2.45) is 0 Å². The lowest BCUT2D eigenvalue weighted by molar-refractivity contribution is -0.135. The zero-order valence-electron chi connectivity index (χ0n) is 15.5. The van der Waals surface area contributed by atoms with Crippen LogP contribution in [0, 0.1) is 0 Å². The Balaban J connectivity index is 1.60. The van der Waals surface area contributed by atoms with Crippen LogP contribution in [0.25, 0.3) is 11.1 Å². The fourth-order valence-electron chi connectivity index (χ4n) is 3.30. The average Bonchev–Trinajstić information content (AvgIpc) is 2.69. The SMILES string of the molecule is CCCCCc1ccc(-c2ccc(C3COC(CC)CO3)cc2)cc1. The van der Waals surface area contributed by atoms with E-state index < -0.39 is 0 Å². The molecule has 2 atom stereocenters. The smallest absolute Gasteiger partial charge is 0.106 e. The molecule has 0 spiro atoms. The lowest BCUT2D eigenvalue weighted by Crippen LogP contribution is -2.30. The molecule has 3 rings (SSSR count). The van der Waals surface area contributed by atoms with E-state index in [-0.39, 0.29) is 12.2 Å². The quantitative estimate of drug-likeness (QED) is 0.581. The fraction of sp³-hybridized carbons (Fsp3) is 0.478. The van der Waals surface area contributed by atoms with Crippen molar-refractivity contribution < 1.29 is 9.47 Å². The van der Waals surface area contributed by atoms with E-state index >= 15 is 0 Å². The predicted octanol–water partition coefficient (Wildman–Crippen LogP) is 5.95. The molecule has 1 fully saturated rings. The van der Waals surface area contributed by atoms with Crippen molar-refractivity contribution in [3.8, 4) is 11.1 Å². The molecule has 134 valence electrons. The van der Waals surface area contributed by atoms with Crippen LogP contribution in [0.4, 0.5) is 0 Å². The molecule has 2 nitrogen and oxygen atoms in total. The summed E-state index contributed by atoms with van der Waals surface area (Å²) < 4.78 is 11.8. The highest BCUT2D eigenvalue weighted by Gasteiger charge is 2.22. The first-order valence-electron chi connectivity index (χ1n) is 9.72. The van der Waals surface area contributed by atoms with Gasteiger partial charge < -0.3 is 9.47 Å². The number of hydrogen-bond donors (Lipinski definition) is 0. The number of hydrogen-bond acceptors (Lipinski definition) is 2. The van der Waals surface area contributed by atoms with Crippen LogP contribution in [-0.2, 0) is 15.9 Å². The van der Waals surface area contributed by atoms with Gasteiger partial charge in [0.15, 0.2) is 0 Å². The van der Waals surface area contributed by atoms with Crippen LogP contribution in [0.3, 0.4) is 0 Å². The Morgan fingerprint density at radius 1 is 0.800 bits per heavy atom. The van der Waals surface area contributed by atoms with Crippen molar-refractivity contribution >= 4 is 0 Å². The number of ether oxygens (including phenoxy) is 2. The van der Waals surface area contributed by atoms with Crippen molar-refractivity contribution in [2.45, 2.75) is 58.2 Å². The molecule has 2 aromatic carbocycles. The van der Waals surface area contributed by atoms with Crippen LogP contribution in [0.1, 0.15) is 56.8 Å². The van der Waals surface area contributed by atoms with Crippen molar-refractivity contribution in [1.29, 1.82) is 0 Å². The number of rotatable bonds is 7. The first-order chi connectivity index (χ1) is 12.3. The highest BCUT2D eigenvalue weighted by Crippen LogP contribution is 2.27. The van der Waals surface area contributed by atoms with Gasteiger partial charge in [0.05, 0.1) is 19.3 Å². The van der Waals surface area contributed by atoms with Gasteiger partial charge in [-0.25, -0.2) is 0 Å². The predicted molar refractivity (Wildman–Crippen MR) is 104 cm³/mol. The standard InChI is InChI=1S/C23H30O2/c1-3-5-6-7-18-8-10-19(11-9-18)20-12-14-21(15-13-20)23-17-24-22(4-2)16-25-23/h8-15,22-23H,3-7,16-17H2,1-2H3. The van der Waals surface area contributed by atoms with Gasteiger partial charge in [-0.15, -0.1) is 0 Å². The molecular formula is C23H30O2. The van der Waals surface area contributed by atoms with E-state index in [0.717, 1.165) is 6.42 Å². The summed E-state index contributed by atoms with van der Waals surface area (Å²) in [6, 6.07) is 17.7. The van der Waals surface area contributed by atoms with Gasteiger partial charge in [0.25, 0.3) is 0 Å². The van der Waals surface area contributed by atoms with E-state index in [4.69, 9.17) is 9.47 Å². The Hall–Kier alpha value is -1.64. The van der Waals surface area contributed by atoms with E-state index in [9.17, 15) is 0 Å². The molecule has 0 radical (unpaired) electrons. The minimum absolute atomic E-state index is 0.0674. The van der Waals surface area contributed by atoms with Crippen LogP contribution >= 0.6 is 0 Å². The lowest BCUT2D eigenvalue weighted by Gasteiger charge is -2.29. The highest BCUT2D eigenvalue weighted by molar-refractivity contribution is 5.64. The molecule has 1 aliphatic rings. The topological polar surface area (TPSA) is 18.5 Å². The molecule has 1 heterocycles. The van der Waals surface area contributed by atoms with E-state index in [1.54, 1.807) is 0 Å². The minimum atomic E-state index is 0.0674. The molecule has 0 saturated carbocycles. The van der Waals surface area contributed by atoms with Gasteiger partial charge in [-0.2, -0.15) is 0 Å². The summed E-state index contributed by atoms with van der Waals surface area (Å²) in [6.07, 6.45) is 6.40. The molecule has 2 unspecified atom stereocenters. The van der Waals surface area contributed by atoms with Crippen molar-refractivity contribution in [3.63, 3.8) is 0 Å². The maximum absolute atomic E-state index is 5.95. The van der Waals surface area contributed by atoms with Crippen LogP contribution in [0.5, 0.6) is 0 Å². The summed E-state index contributed by atoms with van der Waals surface area (Å²) in [7, 11) is 0. The molecule has 0 N–H and O–H groups in total. The van der Waals surface area contributed by atoms with Crippen LogP contribution < -0.4 is 0 Å². The first kappa shape index (κ1) is 18.2. The van der Waals surface area contributed by atoms with E-state index in [2.05, 4.69) is 62.4 Å². The summed E-state index contributed by atoms with van der Waals surface area (Å²) in [6.45, 7) is 5.74. The summed E-state index contributed by atoms with van der Waals surface area (Å²) >= 11 is 0. The Morgan fingerprint density at radius 3 is 2.04 bits per heavy atom. The maximum Gasteiger partial charge on any atom is 0.106 e. The summed E-state index contributed by atoms with van der Waals surface area (Å²) in [4.78, 5) is 0. The largest absolute Gasteiger partial charge is 0.373 e. The summed E-state index contributed by atoms with van der Waals surface area (Å²) in [5, 5.41) is 0. The van der Waals surface area contributed by atoms with Crippen LogP contribution in [0.2, 0.25) is 0 Å². The van der Waals surface area contributed by atoms with Crippen molar-refractivity contribution in [2.75, 3.05) is 13.2 Å². The number of unbranched alkanes of at least 4 members (excludes halogenated alkanes) is 2.